The number of benzene rings is 1. The van der Waals surface area contributed by atoms with Gasteiger partial charge in [0.05, 0.1) is 12.6 Å². The summed E-state index contributed by atoms with van der Waals surface area (Å²) >= 11 is 6.04. The number of rotatable bonds is 5. The molecule has 0 radical (unpaired) electrons. The SMILES string of the molecule is COC(=O)c1cc(OCC(=O)NC2CCCC2)c2cc(Cl)ccc2n1. The largest absolute Gasteiger partial charge is 0.483 e. The van der Waals surface area contributed by atoms with Gasteiger partial charge in [0, 0.05) is 22.5 Å². The first-order valence-corrected chi connectivity index (χ1v) is 8.55. The summed E-state index contributed by atoms with van der Waals surface area (Å²) in [7, 11) is 1.28. The number of hydrogen-bond donors (Lipinski definition) is 1. The highest BCUT2D eigenvalue weighted by atomic mass is 35.5. The second-order valence-corrected chi connectivity index (χ2v) is 6.43. The average Bonchev–Trinajstić information content (AvgIpc) is 3.11. The second-order valence-electron chi connectivity index (χ2n) is 6.00. The quantitative estimate of drug-likeness (QED) is 0.827. The molecule has 0 saturated heterocycles. The van der Waals surface area contributed by atoms with Crippen LogP contribution in [0.2, 0.25) is 5.02 Å². The topological polar surface area (TPSA) is 77.5 Å². The molecule has 2 aromatic rings. The number of hydrogen-bond acceptors (Lipinski definition) is 5. The monoisotopic (exact) mass is 362 g/mol. The van der Waals surface area contributed by atoms with E-state index >= 15 is 0 Å². The molecule has 1 N–H and O–H groups in total. The highest BCUT2D eigenvalue weighted by Gasteiger charge is 2.18. The number of carbonyl (C=O) groups excluding carboxylic acids is 2. The molecule has 0 unspecified atom stereocenters. The van der Waals surface area contributed by atoms with E-state index in [2.05, 4.69) is 10.3 Å². The fourth-order valence-electron chi connectivity index (χ4n) is 2.98. The minimum absolute atomic E-state index is 0.114. The number of aromatic nitrogens is 1. The summed E-state index contributed by atoms with van der Waals surface area (Å²) in [4.78, 5) is 28.1. The molecular formula is C18H19ClN2O4. The molecule has 1 heterocycles. The first-order chi connectivity index (χ1) is 12.1. The predicted octanol–water partition coefficient (Wildman–Crippen LogP) is 3.11. The van der Waals surface area contributed by atoms with Crippen LogP contribution < -0.4 is 10.1 Å². The Morgan fingerprint density at radius 2 is 2.04 bits per heavy atom. The number of esters is 1. The first kappa shape index (κ1) is 17.5. The highest BCUT2D eigenvalue weighted by Crippen LogP contribution is 2.28. The van der Waals surface area contributed by atoms with Crippen molar-refractivity contribution >= 4 is 34.4 Å². The molecule has 6 nitrogen and oxygen atoms in total. The van der Waals surface area contributed by atoms with Gasteiger partial charge in [0.1, 0.15) is 5.75 Å². The summed E-state index contributed by atoms with van der Waals surface area (Å²) < 4.78 is 10.4. The maximum atomic E-state index is 12.1. The maximum Gasteiger partial charge on any atom is 0.356 e. The van der Waals surface area contributed by atoms with Gasteiger partial charge in [0.25, 0.3) is 5.91 Å². The molecule has 1 aliphatic carbocycles. The van der Waals surface area contributed by atoms with Crippen molar-refractivity contribution in [3.8, 4) is 5.75 Å². The van der Waals surface area contributed by atoms with Crippen molar-refractivity contribution in [3.63, 3.8) is 0 Å². The number of nitrogens with zero attached hydrogens (tertiary/aromatic N) is 1. The van der Waals surface area contributed by atoms with Gasteiger partial charge < -0.3 is 14.8 Å². The van der Waals surface area contributed by atoms with Crippen LogP contribution in [-0.4, -0.2) is 36.6 Å². The van der Waals surface area contributed by atoms with Crippen LogP contribution in [0.1, 0.15) is 36.2 Å². The van der Waals surface area contributed by atoms with E-state index in [1.807, 2.05) is 0 Å². The summed E-state index contributed by atoms with van der Waals surface area (Å²) in [6.07, 6.45) is 4.29. The molecule has 1 aromatic carbocycles. The van der Waals surface area contributed by atoms with Crippen molar-refractivity contribution < 1.29 is 19.1 Å². The van der Waals surface area contributed by atoms with E-state index in [1.54, 1.807) is 18.2 Å². The lowest BCUT2D eigenvalue weighted by Crippen LogP contribution is -2.36. The Morgan fingerprint density at radius 3 is 2.76 bits per heavy atom. The molecule has 0 aliphatic heterocycles. The predicted molar refractivity (Wildman–Crippen MR) is 94.0 cm³/mol. The lowest BCUT2D eigenvalue weighted by molar-refractivity contribution is -0.123. The summed E-state index contributed by atoms with van der Waals surface area (Å²) in [5.41, 5.74) is 0.655. The van der Waals surface area contributed by atoms with Gasteiger partial charge in [-0.1, -0.05) is 24.4 Å². The zero-order valence-electron chi connectivity index (χ0n) is 13.9. The van der Waals surface area contributed by atoms with Crippen LogP contribution in [0.3, 0.4) is 0 Å². The minimum atomic E-state index is -0.572. The van der Waals surface area contributed by atoms with E-state index in [0.717, 1.165) is 25.7 Å². The fraction of sp³-hybridized carbons (Fsp3) is 0.389. The lowest BCUT2D eigenvalue weighted by Gasteiger charge is -2.14. The third kappa shape index (κ3) is 4.20. The van der Waals surface area contributed by atoms with Crippen molar-refractivity contribution in [2.75, 3.05) is 13.7 Å². The van der Waals surface area contributed by atoms with Crippen LogP contribution in [0.25, 0.3) is 10.9 Å². The normalized spacial score (nSPS) is 14.5. The van der Waals surface area contributed by atoms with Gasteiger partial charge in [-0.2, -0.15) is 0 Å². The second kappa shape index (κ2) is 7.70. The molecule has 1 saturated carbocycles. The fourth-order valence-corrected chi connectivity index (χ4v) is 3.15. The standard InChI is InChI=1S/C18H19ClN2O4/c1-24-18(23)15-9-16(13-8-11(19)6-7-14(13)21-15)25-10-17(22)20-12-4-2-3-5-12/h6-9,12H,2-5,10H2,1H3,(H,20,22). The third-order valence-corrected chi connectivity index (χ3v) is 4.44. The minimum Gasteiger partial charge on any atom is -0.483 e. The van der Waals surface area contributed by atoms with Crippen LogP contribution >= 0.6 is 11.6 Å². The first-order valence-electron chi connectivity index (χ1n) is 8.17. The van der Waals surface area contributed by atoms with E-state index in [4.69, 9.17) is 21.1 Å². The van der Waals surface area contributed by atoms with E-state index in [1.165, 1.54) is 13.2 Å². The molecule has 1 aromatic heterocycles. The molecule has 1 amide bonds. The van der Waals surface area contributed by atoms with Crippen molar-refractivity contribution in [1.29, 1.82) is 0 Å². The number of fused-ring (bicyclic) bond motifs is 1. The summed E-state index contributed by atoms with van der Waals surface area (Å²) in [5, 5.41) is 4.11. The number of methoxy groups -OCH3 is 1. The Balaban J connectivity index is 1.81. The molecule has 3 rings (SSSR count). The molecule has 0 bridgehead atoms. The highest BCUT2D eigenvalue weighted by molar-refractivity contribution is 6.31. The Hall–Kier alpha value is -2.34. The average molecular weight is 363 g/mol. The number of halogens is 1. The van der Waals surface area contributed by atoms with Crippen LogP contribution in [0.5, 0.6) is 5.75 Å². The number of carbonyl (C=O) groups is 2. The zero-order valence-corrected chi connectivity index (χ0v) is 14.6. The Labute approximate surface area is 150 Å². The van der Waals surface area contributed by atoms with Gasteiger partial charge in [-0.15, -0.1) is 0 Å². The number of amides is 1. The van der Waals surface area contributed by atoms with Gasteiger partial charge in [0.2, 0.25) is 0 Å². The van der Waals surface area contributed by atoms with Gasteiger partial charge in [-0.3, -0.25) is 4.79 Å². The Bertz CT molecular complexity index is 803. The number of ether oxygens (including phenoxy) is 2. The van der Waals surface area contributed by atoms with Gasteiger partial charge >= 0.3 is 5.97 Å². The molecule has 1 fully saturated rings. The van der Waals surface area contributed by atoms with Crippen molar-refractivity contribution in [3.05, 3.63) is 35.0 Å². The molecule has 1 aliphatic rings. The van der Waals surface area contributed by atoms with Crippen molar-refractivity contribution in [1.82, 2.24) is 10.3 Å². The van der Waals surface area contributed by atoms with Crippen molar-refractivity contribution in [2.45, 2.75) is 31.7 Å². The lowest BCUT2D eigenvalue weighted by atomic mass is 10.2. The van der Waals surface area contributed by atoms with Gasteiger partial charge in [0.15, 0.2) is 12.3 Å². The van der Waals surface area contributed by atoms with E-state index in [0.29, 0.717) is 21.7 Å². The molecular weight excluding hydrogens is 344 g/mol. The third-order valence-electron chi connectivity index (χ3n) is 4.21. The van der Waals surface area contributed by atoms with Crippen molar-refractivity contribution in [2.24, 2.45) is 0 Å². The Kier molecular flexibility index (Phi) is 5.38. The van der Waals surface area contributed by atoms with E-state index in [-0.39, 0.29) is 24.2 Å². The molecule has 0 spiro atoms. The van der Waals surface area contributed by atoms with E-state index in [9.17, 15) is 9.59 Å². The number of nitrogens with one attached hydrogen (secondary N) is 1. The van der Waals surface area contributed by atoms with Crippen LogP contribution in [0.4, 0.5) is 0 Å². The maximum absolute atomic E-state index is 12.1. The molecule has 0 atom stereocenters. The van der Waals surface area contributed by atoms with Gasteiger partial charge in [-0.25, -0.2) is 9.78 Å². The summed E-state index contributed by atoms with van der Waals surface area (Å²) in [6.45, 7) is -0.136. The summed E-state index contributed by atoms with van der Waals surface area (Å²) in [6, 6.07) is 6.75. The molecule has 25 heavy (non-hydrogen) atoms. The zero-order chi connectivity index (χ0) is 17.8. The van der Waals surface area contributed by atoms with E-state index < -0.39 is 5.97 Å². The van der Waals surface area contributed by atoms with Crippen LogP contribution in [-0.2, 0) is 9.53 Å². The van der Waals surface area contributed by atoms with Crippen LogP contribution in [0, 0.1) is 0 Å². The Morgan fingerprint density at radius 1 is 1.28 bits per heavy atom. The smallest absolute Gasteiger partial charge is 0.356 e. The molecule has 132 valence electrons. The molecule has 7 heteroatoms. The van der Waals surface area contributed by atoms with Gasteiger partial charge in [-0.05, 0) is 31.0 Å². The summed E-state index contributed by atoms with van der Waals surface area (Å²) in [5.74, 6) is -0.384. The number of pyridine rings is 1. The van der Waals surface area contributed by atoms with Crippen LogP contribution in [0.15, 0.2) is 24.3 Å².